The molecule has 0 spiro atoms. The van der Waals surface area contributed by atoms with Gasteiger partial charge in [0.2, 0.25) is 5.91 Å². The molecule has 29 heavy (non-hydrogen) atoms. The van der Waals surface area contributed by atoms with E-state index in [1.54, 1.807) is 19.5 Å². The molecule has 1 amide bonds. The molecule has 0 bridgehead atoms. The van der Waals surface area contributed by atoms with E-state index in [4.69, 9.17) is 9.72 Å². The summed E-state index contributed by atoms with van der Waals surface area (Å²) in [5, 5.41) is 3.01. The first-order valence-corrected chi connectivity index (χ1v) is 9.50. The molecule has 6 nitrogen and oxygen atoms in total. The van der Waals surface area contributed by atoms with E-state index in [1.165, 1.54) is 0 Å². The fourth-order valence-corrected chi connectivity index (χ4v) is 3.32. The molecule has 0 aliphatic rings. The van der Waals surface area contributed by atoms with Gasteiger partial charge < -0.3 is 14.6 Å². The van der Waals surface area contributed by atoms with Gasteiger partial charge in [0.15, 0.2) is 0 Å². The van der Waals surface area contributed by atoms with Gasteiger partial charge >= 0.3 is 0 Å². The summed E-state index contributed by atoms with van der Waals surface area (Å²) in [5.41, 5.74) is 3.93. The molecule has 0 saturated heterocycles. The van der Waals surface area contributed by atoms with Gasteiger partial charge in [0.05, 0.1) is 24.6 Å². The number of aromatic nitrogens is 3. The van der Waals surface area contributed by atoms with Crippen LogP contribution in [0.2, 0.25) is 0 Å². The van der Waals surface area contributed by atoms with Crippen LogP contribution < -0.4 is 10.1 Å². The highest BCUT2D eigenvalue weighted by Gasteiger charge is 2.12. The Balaban J connectivity index is 1.46. The van der Waals surface area contributed by atoms with Gasteiger partial charge in [-0.05, 0) is 42.0 Å². The minimum atomic E-state index is -0.00921. The van der Waals surface area contributed by atoms with Gasteiger partial charge in [-0.3, -0.25) is 9.78 Å². The number of pyridine rings is 1. The number of nitrogens with zero attached hydrogens (tertiary/aromatic N) is 3. The summed E-state index contributed by atoms with van der Waals surface area (Å²) in [6, 6.07) is 19.5. The highest BCUT2D eigenvalue weighted by Crippen LogP contribution is 2.24. The third-order valence-electron chi connectivity index (χ3n) is 4.77. The predicted molar refractivity (Wildman–Crippen MR) is 113 cm³/mol. The molecule has 0 unspecified atom stereocenters. The Kier molecular flexibility index (Phi) is 5.52. The number of carbonyl (C=O) groups excluding carboxylic acids is 1. The minimum absolute atomic E-state index is 0.00921. The third kappa shape index (κ3) is 4.27. The van der Waals surface area contributed by atoms with Crippen LogP contribution in [0.25, 0.3) is 22.4 Å². The lowest BCUT2D eigenvalue weighted by molar-refractivity contribution is -0.120. The number of ether oxygens (including phenoxy) is 1. The van der Waals surface area contributed by atoms with E-state index in [0.29, 0.717) is 19.5 Å². The van der Waals surface area contributed by atoms with Crippen LogP contribution in [0.4, 0.5) is 0 Å². The Morgan fingerprint density at radius 2 is 1.79 bits per heavy atom. The molecule has 2 heterocycles. The monoisotopic (exact) mass is 386 g/mol. The molecule has 4 aromatic rings. The van der Waals surface area contributed by atoms with Crippen molar-refractivity contribution in [2.24, 2.45) is 0 Å². The van der Waals surface area contributed by atoms with Crippen LogP contribution in [-0.2, 0) is 17.8 Å². The molecule has 2 aromatic heterocycles. The van der Waals surface area contributed by atoms with Crippen molar-refractivity contribution < 1.29 is 9.53 Å². The third-order valence-corrected chi connectivity index (χ3v) is 4.77. The molecule has 0 aliphatic heterocycles. The predicted octanol–water partition coefficient (Wildman–Crippen LogP) is 3.47. The summed E-state index contributed by atoms with van der Waals surface area (Å²) in [5.74, 6) is 1.65. The van der Waals surface area contributed by atoms with Crippen LogP contribution >= 0.6 is 0 Å². The molecule has 6 heteroatoms. The van der Waals surface area contributed by atoms with Gasteiger partial charge in [0.25, 0.3) is 0 Å². The highest BCUT2D eigenvalue weighted by molar-refractivity contribution is 5.81. The molecule has 146 valence electrons. The lowest BCUT2D eigenvalue weighted by atomic mass is 10.1. The van der Waals surface area contributed by atoms with E-state index in [-0.39, 0.29) is 5.91 Å². The number of hydrogen-bond acceptors (Lipinski definition) is 4. The van der Waals surface area contributed by atoms with E-state index in [1.807, 2.05) is 60.7 Å². The maximum absolute atomic E-state index is 12.3. The Morgan fingerprint density at radius 3 is 2.55 bits per heavy atom. The number of nitrogens with one attached hydrogen (secondary N) is 1. The molecular formula is C23H22N4O2. The zero-order chi connectivity index (χ0) is 20.1. The molecular weight excluding hydrogens is 364 g/mol. The molecule has 4 rings (SSSR count). The lowest BCUT2D eigenvalue weighted by Crippen LogP contribution is -2.28. The Hall–Kier alpha value is -3.67. The summed E-state index contributed by atoms with van der Waals surface area (Å²) in [4.78, 5) is 21.2. The number of para-hydroxylation sites is 2. The quantitative estimate of drug-likeness (QED) is 0.528. The van der Waals surface area contributed by atoms with E-state index >= 15 is 0 Å². The minimum Gasteiger partial charge on any atom is -0.497 e. The zero-order valence-electron chi connectivity index (χ0n) is 16.2. The van der Waals surface area contributed by atoms with Gasteiger partial charge in [-0.15, -0.1) is 0 Å². The fraction of sp³-hybridized carbons (Fsp3) is 0.174. The largest absolute Gasteiger partial charge is 0.497 e. The second kappa shape index (κ2) is 8.56. The summed E-state index contributed by atoms with van der Waals surface area (Å²) >= 11 is 0. The number of rotatable bonds is 7. The zero-order valence-corrected chi connectivity index (χ0v) is 16.2. The second-order valence-corrected chi connectivity index (χ2v) is 6.69. The molecule has 0 saturated carbocycles. The second-order valence-electron chi connectivity index (χ2n) is 6.69. The van der Waals surface area contributed by atoms with Crippen molar-refractivity contribution in [3.8, 4) is 17.1 Å². The van der Waals surface area contributed by atoms with Crippen LogP contribution in [0, 0.1) is 0 Å². The number of amides is 1. The van der Waals surface area contributed by atoms with Crippen molar-refractivity contribution in [3.05, 3.63) is 78.6 Å². The van der Waals surface area contributed by atoms with E-state index < -0.39 is 0 Å². The van der Waals surface area contributed by atoms with Crippen LogP contribution in [0.1, 0.15) is 5.56 Å². The molecule has 2 aromatic carbocycles. The SMILES string of the molecule is COc1ccc(CC(=O)NCCn2c(-c3ccncc3)nc3ccccc32)cc1. The van der Waals surface area contributed by atoms with Crippen molar-refractivity contribution in [1.29, 1.82) is 0 Å². The van der Waals surface area contributed by atoms with Crippen molar-refractivity contribution >= 4 is 16.9 Å². The van der Waals surface area contributed by atoms with Gasteiger partial charge in [-0.25, -0.2) is 4.98 Å². The topological polar surface area (TPSA) is 69.0 Å². The fourth-order valence-electron chi connectivity index (χ4n) is 3.32. The number of carbonyl (C=O) groups is 1. The summed E-state index contributed by atoms with van der Waals surface area (Å²) < 4.78 is 7.29. The Morgan fingerprint density at radius 1 is 1.03 bits per heavy atom. The van der Waals surface area contributed by atoms with Crippen molar-refractivity contribution in [1.82, 2.24) is 19.9 Å². The first kappa shape index (κ1) is 18.7. The maximum Gasteiger partial charge on any atom is 0.224 e. The summed E-state index contributed by atoms with van der Waals surface area (Å²) in [6.07, 6.45) is 3.86. The smallest absolute Gasteiger partial charge is 0.224 e. The number of imidazole rings is 1. The van der Waals surface area contributed by atoms with Gasteiger partial charge in [0.1, 0.15) is 11.6 Å². The maximum atomic E-state index is 12.3. The van der Waals surface area contributed by atoms with Crippen LogP contribution in [0.15, 0.2) is 73.1 Å². The number of benzene rings is 2. The van der Waals surface area contributed by atoms with Crippen molar-refractivity contribution in [2.45, 2.75) is 13.0 Å². The summed E-state index contributed by atoms with van der Waals surface area (Å²) in [6.45, 7) is 1.15. The average molecular weight is 386 g/mol. The standard InChI is InChI=1S/C23H22N4O2/c1-29-19-8-6-17(7-9-19)16-22(28)25-14-15-27-21-5-3-2-4-20(21)26-23(27)18-10-12-24-13-11-18/h2-13H,14-16H2,1H3,(H,25,28). The Labute approximate surface area is 169 Å². The lowest BCUT2D eigenvalue weighted by Gasteiger charge is -2.11. The normalized spacial score (nSPS) is 10.8. The van der Waals surface area contributed by atoms with Gasteiger partial charge in [0, 0.05) is 31.0 Å². The van der Waals surface area contributed by atoms with Crippen LogP contribution in [0.5, 0.6) is 5.75 Å². The average Bonchev–Trinajstić information content (AvgIpc) is 3.14. The van der Waals surface area contributed by atoms with Crippen LogP contribution in [-0.4, -0.2) is 34.1 Å². The molecule has 0 fully saturated rings. The first-order chi connectivity index (χ1) is 14.2. The number of hydrogen-bond donors (Lipinski definition) is 1. The number of fused-ring (bicyclic) bond motifs is 1. The van der Waals surface area contributed by atoms with Gasteiger partial charge in [-0.1, -0.05) is 24.3 Å². The van der Waals surface area contributed by atoms with Crippen LogP contribution in [0.3, 0.4) is 0 Å². The Bertz CT molecular complexity index is 1100. The van der Waals surface area contributed by atoms with E-state index in [0.717, 1.165) is 33.7 Å². The molecule has 0 atom stereocenters. The van der Waals surface area contributed by atoms with Crippen molar-refractivity contribution in [3.63, 3.8) is 0 Å². The number of methoxy groups -OCH3 is 1. The highest BCUT2D eigenvalue weighted by atomic mass is 16.5. The summed E-state index contributed by atoms with van der Waals surface area (Å²) in [7, 11) is 1.63. The molecule has 0 aliphatic carbocycles. The molecule has 0 radical (unpaired) electrons. The molecule has 1 N–H and O–H groups in total. The van der Waals surface area contributed by atoms with Gasteiger partial charge in [-0.2, -0.15) is 0 Å². The van der Waals surface area contributed by atoms with E-state index in [2.05, 4.69) is 14.9 Å². The first-order valence-electron chi connectivity index (χ1n) is 9.50. The van der Waals surface area contributed by atoms with Crippen molar-refractivity contribution in [2.75, 3.05) is 13.7 Å². The van der Waals surface area contributed by atoms with E-state index in [9.17, 15) is 4.79 Å².